The molecule has 198 valence electrons. The topological polar surface area (TPSA) is 114 Å². The number of halogens is 3. The predicted octanol–water partition coefficient (Wildman–Crippen LogP) is 5.24. The fraction of sp³-hybridized carbons (Fsp3) is 0.269. The minimum Gasteiger partial charge on any atom is -0.488 e. The van der Waals surface area contributed by atoms with Crippen LogP contribution in [0, 0.1) is 5.92 Å². The first-order chi connectivity index (χ1) is 18.2. The molecular weight excluding hydrogens is 503 g/mol. The summed E-state index contributed by atoms with van der Waals surface area (Å²) in [6.45, 7) is 1.08. The zero-order valence-corrected chi connectivity index (χ0v) is 20.0. The van der Waals surface area contributed by atoms with Crippen LogP contribution in [0.2, 0.25) is 0 Å². The maximum atomic E-state index is 13.3. The van der Waals surface area contributed by atoms with Gasteiger partial charge in [-0.15, -0.1) is 0 Å². The summed E-state index contributed by atoms with van der Waals surface area (Å²) in [5, 5.41) is 10.7. The molecule has 12 heteroatoms. The van der Waals surface area contributed by atoms with E-state index in [1.54, 1.807) is 36.4 Å². The largest absolute Gasteiger partial charge is 0.488 e. The number of pyridine rings is 1. The Kier molecular flexibility index (Phi) is 7.05. The number of nitrogens with zero attached hydrogens (tertiary/aromatic N) is 1. The van der Waals surface area contributed by atoms with E-state index in [0.29, 0.717) is 36.1 Å². The van der Waals surface area contributed by atoms with Crippen molar-refractivity contribution in [3.63, 3.8) is 0 Å². The fourth-order valence-corrected chi connectivity index (χ4v) is 3.59. The number of urea groups is 1. The SMILES string of the molecule is O=C(Nc1ccc(Oc2ccnc(NC(=O)C3CC3)c2)cc1)Nc1cc(OC2CNC2)cc(C(F)(F)F)c1. The van der Waals surface area contributed by atoms with E-state index < -0.39 is 17.8 Å². The molecule has 9 nitrogen and oxygen atoms in total. The van der Waals surface area contributed by atoms with Crippen LogP contribution >= 0.6 is 0 Å². The Bertz CT molecular complexity index is 1330. The molecule has 2 fully saturated rings. The number of aromatic nitrogens is 1. The second-order valence-electron chi connectivity index (χ2n) is 8.99. The number of hydrogen-bond donors (Lipinski definition) is 4. The van der Waals surface area contributed by atoms with Gasteiger partial charge >= 0.3 is 12.2 Å². The van der Waals surface area contributed by atoms with Crippen LogP contribution in [0.1, 0.15) is 18.4 Å². The first-order valence-electron chi connectivity index (χ1n) is 11.9. The average molecular weight is 528 g/mol. The van der Waals surface area contributed by atoms with Crippen LogP contribution in [0.3, 0.4) is 0 Å². The van der Waals surface area contributed by atoms with Gasteiger partial charge in [-0.05, 0) is 55.3 Å². The third-order valence-corrected chi connectivity index (χ3v) is 5.82. The molecule has 2 heterocycles. The molecule has 1 saturated heterocycles. The maximum Gasteiger partial charge on any atom is 0.416 e. The molecule has 0 radical (unpaired) electrons. The van der Waals surface area contributed by atoms with Crippen LogP contribution < -0.4 is 30.7 Å². The van der Waals surface area contributed by atoms with E-state index >= 15 is 0 Å². The molecule has 1 aliphatic carbocycles. The van der Waals surface area contributed by atoms with E-state index in [-0.39, 0.29) is 29.4 Å². The van der Waals surface area contributed by atoms with E-state index in [9.17, 15) is 22.8 Å². The summed E-state index contributed by atoms with van der Waals surface area (Å²) in [6.07, 6.45) is -1.53. The molecule has 4 N–H and O–H groups in total. The number of alkyl halides is 3. The van der Waals surface area contributed by atoms with Gasteiger partial charge in [0, 0.05) is 48.7 Å². The average Bonchev–Trinajstić information content (AvgIpc) is 3.68. The van der Waals surface area contributed by atoms with Crippen molar-refractivity contribution in [3.8, 4) is 17.2 Å². The molecule has 2 aromatic carbocycles. The van der Waals surface area contributed by atoms with Gasteiger partial charge in [0.15, 0.2) is 0 Å². The summed E-state index contributed by atoms with van der Waals surface area (Å²) >= 11 is 0. The summed E-state index contributed by atoms with van der Waals surface area (Å²) in [5.41, 5.74) is -0.585. The number of benzene rings is 2. The molecular formula is C26H24F3N5O4. The zero-order valence-electron chi connectivity index (χ0n) is 20.0. The minimum atomic E-state index is -4.60. The second-order valence-corrected chi connectivity index (χ2v) is 8.99. The van der Waals surface area contributed by atoms with E-state index in [1.807, 2.05) is 0 Å². The number of carbonyl (C=O) groups excluding carboxylic acids is 2. The Morgan fingerprint density at radius 1 is 0.868 bits per heavy atom. The monoisotopic (exact) mass is 527 g/mol. The van der Waals surface area contributed by atoms with E-state index in [4.69, 9.17) is 9.47 Å². The zero-order chi connectivity index (χ0) is 26.7. The number of nitrogens with one attached hydrogen (secondary N) is 4. The first-order valence-corrected chi connectivity index (χ1v) is 11.9. The Labute approximate surface area is 215 Å². The summed E-state index contributed by atoms with van der Waals surface area (Å²) in [7, 11) is 0. The van der Waals surface area contributed by atoms with Crippen LogP contribution in [-0.2, 0) is 11.0 Å². The van der Waals surface area contributed by atoms with Crippen molar-refractivity contribution in [1.82, 2.24) is 10.3 Å². The number of anilines is 3. The highest BCUT2D eigenvalue weighted by Crippen LogP contribution is 2.35. The van der Waals surface area contributed by atoms with Crippen LogP contribution in [0.15, 0.2) is 60.8 Å². The van der Waals surface area contributed by atoms with Gasteiger partial charge in [-0.2, -0.15) is 13.2 Å². The standard InChI is InChI=1S/C26H24F3N5O4/c27-26(28,29)16-9-18(11-21(10-16)38-22-13-30-14-22)33-25(36)32-17-3-5-19(6-4-17)37-20-7-8-31-23(12-20)34-24(35)15-1-2-15/h3-12,15,22,30H,1-2,13-14H2,(H,31,34,35)(H2,32,33,36). The van der Waals surface area contributed by atoms with Crippen LogP contribution in [0.5, 0.6) is 17.2 Å². The van der Waals surface area contributed by atoms with Crippen molar-refractivity contribution in [2.24, 2.45) is 5.92 Å². The van der Waals surface area contributed by atoms with Gasteiger partial charge in [0.05, 0.1) is 5.56 Å². The quantitative estimate of drug-likeness (QED) is 0.319. The summed E-state index contributed by atoms with van der Waals surface area (Å²) in [6, 6.07) is 12.0. The van der Waals surface area contributed by atoms with Gasteiger partial charge in [-0.25, -0.2) is 9.78 Å². The van der Waals surface area contributed by atoms with E-state index in [0.717, 1.165) is 25.0 Å². The van der Waals surface area contributed by atoms with E-state index in [1.165, 1.54) is 12.3 Å². The van der Waals surface area contributed by atoms with Gasteiger partial charge in [-0.1, -0.05) is 0 Å². The number of carbonyl (C=O) groups is 2. The van der Waals surface area contributed by atoms with Gasteiger partial charge in [0.1, 0.15) is 29.2 Å². The van der Waals surface area contributed by atoms with E-state index in [2.05, 4.69) is 26.3 Å². The van der Waals surface area contributed by atoms with Crippen molar-refractivity contribution >= 4 is 29.1 Å². The van der Waals surface area contributed by atoms with Crippen molar-refractivity contribution in [2.45, 2.75) is 25.1 Å². The second kappa shape index (κ2) is 10.6. The highest BCUT2D eigenvalue weighted by molar-refractivity contribution is 6.00. The lowest BCUT2D eigenvalue weighted by atomic mass is 10.1. The molecule has 1 aliphatic heterocycles. The molecule has 38 heavy (non-hydrogen) atoms. The smallest absolute Gasteiger partial charge is 0.416 e. The first kappa shape index (κ1) is 25.3. The lowest BCUT2D eigenvalue weighted by molar-refractivity contribution is -0.137. The van der Waals surface area contributed by atoms with Gasteiger partial charge in [-0.3, -0.25) is 4.79 Å². The van der Waals surface area contributed by atoms with Crippen molar-refractivity contribution in [3.05, 3.63) is 66.4 Å². The van der Waals surface area contributed by atoms with Gasteiger partial charge in [0.2, 0.25) is 5.91 Å². The summed E-state index contributed by atoms with van der Waals surface area (Å²) in [4.78, 5) is 28.5. The van der Waals surface area contributed by atoms with Crippen molar-refractivity contribution in [1.29, 1.82) is 0 Å². The van der Waals surface area contributed by atoms with Crippen LogP contribution in [0.25, 0.3) is 0 Å². The predicted molar refractivity (Wildman–Crippen MR) is 133 cm³/mol. The highest BCUT2D eigenvalue weighted by atomic mass is 19.4. The van der Waals surface area contributed by atoms with Crippen LogP contribution in [0.4, 0.5) is 35.2 Å². The van der Waals surface area contributed by atoms with Gasteiger partial charge < -0.3 is 30.7 Å². The molecule has 2 aliphatic rings. The highest BCUT2D eigenvalue weighted by Gasteiger charge is 2.32. The molecule has 3 aromatic rings. The minimum absolute atomic E-state index is 0.0227. The molecule has 0 spiro atoms. The fourth-order valence-electron chi connectivity index (χ4n) is 3.59. The lowest BCUT2D eigenvalue weighted by Crippen LogP contribution is -2.50. The van der Waals surface area contributed by atoms with Crippen molar-refractivity contribution in [2.75, 3.05) is 29.0 Å². The Morgan fingerprint density at radius 3 is 2.26 bits per heavy atom. The molecule has 3 amide bonds. The normalized spacial score (nSPS) is 15.2. The Balaban J connectivity index is 1.19. The van der Waals surface area contributed by atoms with Crippen molar-refractivity contribution < 1.29 is 32.2 Å². The number of amides is 3. The molecule has 0 bridgehead atoms. The van der Waals surface area contributed by atoms with Crippen LogP contribution in [-0.4, -0.2) is 36.1 Å². The third-order valence-electron chi connectivity index (χ3n) is 5.82. The number of hydrogen-bond acceptors (Lipinski definition) is 6. The number of ether oxygens (including phenoxy) is 2. The third kappa shape index (κ3) is 6.71. The summed E-state index contributed by atoms with van der Waals surface area (Å²) in [5.74, 6) is 1.33. The number of rotatable bonds is 8. The Hall–Kier alpha value is -4.32. The maximum absolute atomic E-state index is 13.3. The molecule has 1 saturated carbocycles. The molecule has 5 rings (SSSR count). The van der Waals surface area contributed by atoms with Gasteiger partial charge in [0.25, 0.3) is 0 Å². The Morgan fingerprint density at radius 2 is 1.61 bits per heavy atom. The molecule has 0 atom stereocenters. The lowest BCUT2D eigenvalue weighted by Gasteiger charge is -2.28. The summed E-state index contributed by atoms with van der Waals surface area (Å²) < 4.78 is 51.4. The molecule has 0 unspecified atom stereocenters. The molecule has 1 aromatic heterocycles.